The third-order valence-electron chi connectivity index (χ3n) is 2.50. The summed E-state index contributed by atoms with van der Waals surface area (Å²) in [7, 11) is 0. The van der Waals surface area contributed by atoms with Gasteiger partial charge in [0.25, 0.3) is 0 Å². The van der Waals surface area contributed by atoms with Gasteiger partial charge in [0.2, 0.25) is 0 Å². The molecule has 1 atom stereocenters. The molecule has 0 amide bonds. The lowest BCUT2D eigenvalue weighted by atomic mass is 10.2. The Morgan fingerprint density at radius 3 is 3.00 bits per heavy atom. The highest BCUT2D eigenvalue weighted by Gasteiger charge is 2.27. The number of nitrogens with zero attached hydrogens (tertiary/aromatic N) is 1. The molecule has 0 aliphatic heterocycles. The van der Waals surface area contributed by atoms with Crippen molar-refractivity contribution in [1.82, 2.24) is 4.98 Å². The van der Waals surface area contributed by atoms with Crippen LogP contribution in [0.4, 0.5) is 11.5 Å². The molecule has 1 aliphatic carbocycles. The first-order chi connectivity index (χ1) is 6.25. The molecule has 3 nitrogen and oxygen atoms in total. The SMILES string of the molecule is CC(Nc1ccnc(N)c1)C1CC1. The predicted octanol–water partition coefficient (Wildman–Crippen LogP) is 1.87. The predicted molar refractivity (Wildman–Crippen MR) is 54.5 cm³/mol. The number of pyridine rings is 1. The Bertz CT molecular complexity index is 294. The van der Waals surface area contributed by atoms with Crippen molar-refractivity contribution in [3.63, 3.8) is 0 Å². The van der Waals surface area contributed by atoms with Crippen molar-refractivity contribution in [2.45, 2.75) is 25.8 Å². The van der Waals surface area contributed by atoms with Crippen LogP contribution in [0, 0.1) is 5.92 Å². The number of aromatic nitrogens is 1. The number of nitrogen functional groups attached to an aromatic ring is 1. The molecule has 0 radical (unpaired) electrons. The number of hydrogen-bond donors (Lipinski definition) is 2. The average Bonchev–Trinajstić information content (AvgIpc) is 2.85. The summed E-state index contributed by atoms with van der Waals surface area (Å²) in [6, 6.07) is 4.38. The number of nitrogens with one attached hydrogen (secondary N) is 1. The van der Waals surface area contributed by atoms with E-state index in [1.807, 2.05) is 12.1 Å². The highest BCUT2D eigenvalue weighted by Crippen LogP contribution is 2.33. The molecule has 0 aromatic carbocycles. The third kappa shape index (κ3) is 2.11. The molecule has 1 fully saturated rings. The molecule has 3 heteroatoms. The van der Waals surface area contributed by atoms with Crippen molar-refractivity contribution in [1.29, 1.82) is 0 Å². The number of rotatable bonds is 3. The molecular weight excluding hydrogens is 162 g/mol. The van der Waals surface area contributed by atoms with E-state index in [1.54, 1.807) is 6.20 Å². The minimum atomic E-state index is 0.557. The van der Waals surface area contributed by atoms with Crippen molar-refractivity contribution in [3.05, 3.63) is 18.3 Å². The molecule has 1 aromatic heterocycles. The Morgan fingerprint density at radius 1 is 1.62 bits per heavy atom. The molecule has 1 unspecified atom stereocenters. The lowest BCUT2D eigenvalue weighted by Crippen LogP contribution is -2.17. The lowest BCUT2D eigenvalue weighted by molar-refractivity contribution is 0.694. The molecule has 1 aromatic rings. The Kier molecular flexibility index (Phi) is 2.08. The molecule has 0 saturated heterocycles. The minimum absolute atomic E-state index is 0.557. The van der Waals surface area contributed by atoms with Crippen molar-refractivity contribution >= 4 is 11.5 Å². The Labute approximate surface area is 78.4 Å². The van der Waals surface area contributed by atoms with E-state index in [4.69, 9.17) is 5.73 Å². The zero-order chi connectivity index (χ0) is 9.26. The molecule has 1 saturated carbocycles. The first-order valence-electron chi connectivity index (χ1n) is 4.74. The van der Waals surface area contributed by atoms with Gasteiger partial charge in [-0.05, 0) is 31.7 Å². The number of nitrogens with two attached hydrogens (primary N) is 1. The fourth-order valence-corrected chi connectivity index (χ4v) is 1.52. The van der Waals surface area contributed by atoms with Crippen LogP contribution in [-0.4, -0.2) is 11.0 Å². The van der Waals surface area contributed by atoms with E-state index in [9.17, 15) is 0 Å². The van der Waals surface area contributed by atoms with E-state index in [0.29, 0.717) is 11.9 Å². The standard InChI is InChI=1S/C10H15N3/c1-7(8-2-3-8)13-9-4-5-12-10(11)6-9/h4-8H,2-3H2,1H3,(H3,11,12,13). The van der Waals surface area contributed by atoms with Gasteiger partial charge in [-0.3, -0.25) is 0 Å². The summed E-state index contributed by atoms with van der Waals surface area (Å²) in [4.78, 5) is 3.95. The summed E-state index contributed by atoms with van der Waals surface area (Å²) in [6.45, 7) is 2.22. The molecule has 70 valence electrons. The first-order valence-corrected chi connectivity index (χ1v) is 4.74. The molecule has 0 spiro atoms. The molecule has 1 aliphatic rings. The van der Waals surface area contributed by atoms with Crippen LogP contribution in [0.2, 0.25) is 0 Å². The second-order valence-electron chi connectivity index (χ2n) is 3.74. The smallest absolute Gasteiger partial charge is 0.125 e. The summed E-state index contributed by atoms with van der Waals surface area (Å²) in [5, 5.41) is 3.42. The van der Waals surface area contributed by atoms with E-state index >= 15 is 0 Å². The van der Waals surface area contributed by atoms with Gasteiger partial charge in [-0.1, -0.05) is 0 Å². The molecule has 0 bridgehead atoms. The number of hydrogen-bond acceptors (Lipinski definition) is 3. The zero-order valence-electron chi connectivity index (χ0n) is 7.83. The normalized spacial score (nSPS) is 18.2. The van der Waals surface area contributed by atoms with E-state index in [2.05, 4.69) is 17.2 Å². The van der Waals surface area contributed by atoms with Crippen LogP contribution in [0.3, 0.4) is 0 Å². The van der Waals surface area contributed by atoms with Gasteiger partial charge >= 0.3 is 0 Å². The van der Waals surface area contributed by atoms with Crippen LogP contribution in [0.15, 0.2) is 18.3 Å². The lowest BCUT2D eigenvalue weighted by Gasteiger charge is -2.13. The maximum atomic E-state index is 5.57. The van der Waals surface area contributed by atoms with Gasteiger partial charge in [0, 0.05) is 24.0 Å². The first kappa shape index (κ1) is 8.35. The van der Waals surface area contributed by atoms with Crippen LogP contribution in [0.25, 0.3) is 0 Å². The maximum absolute atomic E-state index is 5.57. The van der Waals surface area contributed by atoms with Crippen molar-refractivity contribution in [2.75, 3.05) is 11.1 Å². The summed E-state index contributed by atoms with van der Waals surface area (Å²) in [6.07, 6.45) is 4.45. The second kappa shape index (κ2) is 3.24. The molecule has 3 N–H and O–H groups in total. The summed E-state index contributed by atoms with van der Waals surface area (Å²) < 4.78 is 0. The van der Waals surface area contributed by atoms with Gasteiger partial charge in [0.05, 0.1) is 0 Å². The van der Waals surface area contributed by atoms with Crippen molar-refractivity contribution in [2.24, 2.45) is 5.92 Å². The Hall–Kier alpha value is -1.25. The molecule has 1 heterocycles. The molecule has 13 heavy (non-hydrogen) atoms. The summed E-state index contributed by atoms with van der Waals surface area (Å²) in [5.74, 6) is 1.43. The van der Waals surface area contributed by atoms with Gasteiger partial charge in [0.15, 0.2) is 0 Å². The fraction of sp³-hybridized carbons (Fsp3) is 0.500. The highest BCUT2D eigenvalue weighted by atomic mass is 14.9. The van der Waals surface area contributed by atoms with Gasteiger partial charge in [-0.2, -0.15) is 0 Å². The molecular formula is C10H15N3. The average molecular weight is 177 g/mol. The van der Waals surface area contributed by atoms with Crippen LogP contribution in [0.1, 0.15) is 19.8 Å². The van der Waals surface area contributed by atoms with Crippen molar-refractivity contribution in [3.8, 4) is 0 Å². The van der Waals surface area contributed by atoms with Crippen LogP contribution >= 0.6 is 0 Å². The minimum Gasteiger partial charge on any atom is -0.384 e. The Morgan fingerprint density at radius 2 is 2.38 bits per heavy atom. The van der Waals surface area contributed by atoms with Gasteiger partial charge in [-0.25, -0.2) is 4.98 Å². The van der Waals surface area contributed by atoms with Gasteiger partial charge in [0.1, 0.15) is 5.82 Å². The second-order valence-corrected chi connectivity index (χ2v) is 3.74. The quantitative estimate of drug-likeness (QED) is 0.741. The Balaban J connectivity index is 2.00. The third-order valence-corrected chi connectivity index (χ3v) is 2.50. The van der Waals surface area contributed by atoms with Crippen LogP contribution in [0.5, 0.6) is 0 Å². The topological polar surface area (TPSA) is 50.9 Å². The monoisotopic (exact) mass is 177 g/mol. The summed E-state index contributed by atoms with van der Waals surface area (Å²) in [5.41, 5.74) is 6.65. The van der Waals surface area contributed by atoms with E-state index in [-0.39, 0.29) is 0 Å². The number of anilines is 2. The van der Waals surface area contributed by atoms with Gasteiger partial charge < -0.3 is 11.1 Å². The van der Waals surface area contributed by atoms with Crippen molar-refractivity contribution < 1.29 is 0 Å². The van der Waals surface area contributed by atoms with E-state index in [0.717, 1.165) is 11.6 Å². The van der Waals surface area contributed by atoms with E-state index < -0.39 is 0 Å². The van der Waals surface area contributed by atoms with Crippen LogP contribution < -0.4 is 11.1 Å². The fourth-order valence-electron chi connectivity index (χ4n) is 1.52. The summed E-state index contributed by atoms with van der Waals surface area (Å²) >= 11 is 0. The molecule has 2 rings (SSSR count). The maximum Gasteiger partial charge on any atom is 0.125 e. The van der Waals surface area contributed by atoms with Gasteiger partial charge in [-0.15, -0.1) is 0 Å². The zero-order valence-corrected chi connectivity index (χ0v) is 7.83. The van der Waals surface area contributed by atoms with E-state index in [1.165, 1.54) is 12.8 Å². The largest absolute Gasteiger partial charge is 0.384 e. The van der Waals surface area contributed by atoms with Crippen LogP contribution in [-0.2, 0) is 0 Å². The highest BCUT2D eigenvalue weighted by molar-refractivity contribution is 5.50.